The molecule has 0 radical (unpaired) electrons. The van der Waals surface area contributed by atoms with Crippen LogP contribution >= 0.6 is 28.6 Å². The lowest BCUT2D eigenvalue weighted by Gasteiger charge is -2.03. The molecule has 0 fully saturated rings. The smallest absolute Gasteiger partial charge is 0.0717 e. The minimum atomic E-state index is 0.700. The van der Waals surface area contributed by atoms with Crippen molar-refractivity contribution < 1.29 is 4.74 Å². The predicted molar refractivity (Wildman–Crippen MR) is 66.9 cm³/mol. The summed E-state index contributed by atoms with van der Waals surface area (Å²) in [7, 11) is 0. The van der Waals surface area contributed by atoms with Gasteiger partial charge in [0.15, 0.2) is 0 Å². The van der Waals surface area contributed by atoms with E-state index in [2.05, 4.69) is 40.7 Å². The molecule has 0 atom stereocenters. The average Bonchev–Trinajstić information content (AvgIpc) is 2.18. The molecule has 0 amide bonds. The third kappa shape index (κ3) is 5.03. The second kappa shape index (κ2) is 7.32. The first kappa shape index (κ1) is 12.1. The van der Waals surface area contributed by atoms with E-state index >= 15 is 0 Å². The third-order valence-corrected chi connectivity index (χ3v) is 2.66. The number of hydrogen-bond donors (Lipinski definition) is 1. The molecular formula is C11H15BrOS. The highest BCUT2D eigenvalue weighted by Gasteiger charge is 1.94. The van der Waals surface area contributed by atoms with E-state index in [9.17, 15) is 0 Å². The number of halogens is 1. The van der Waals surface area contributed by atoms with Gasteiger partial charge in [0.05, 0.1) is 6.61 Å². The van der Waals surface area contributed by atoms with Gasteiger partial charge in [-0.25, -0.2) is 0 Å². The zero-order valence-corrected chi connectivity index (χ0v) is 10.6. The van der Waals surface area contributed by atoms with E-state index in [0.29, 0.717) is 6.61 Å². The molecule has 0 spiro atoms. The highest BCUT2D eigenvalue weighted by molar-refractivity contribution is 9.10. The van der Waals surface area contributed by atoms with Crippen LogP contribution in [0.25, 0.3) is 0 Å². The monoisotopic (exact) mass is 274 g/mol. The molecule has 1 nitrogen and oxygen atoms in total. The van der Waals surface area contributed by atoms with Crippen LogP contribution in [0, 0.1) is 0 Å². The summed E-state index contributed by atoms with van der Waals surface area (Å²) in [4.78, 5) is 0. The second-order valence-electron chi connectivity index (χ2n) is 3.11. The van der Waals surface area contributed by atoms with E-state index in [0.717, 1.165) is 29.7 Å². The summed E-state index contributed by atoms with van der Waals surface area (Å²) in [5.74, 6) is 0.945. The first-order chi connectivity index (χ1) is 6.83. The molecule has 3 heteroatoms. The molecule has 0 saturated carbocycles. The van der Waals surface area contributed by atoms with Gasteiger partial charge in [-0.15, -0.1) is 0 Å². The number of hydrogen-bond acceptors (Lipinski definition) is 2. The van der Waals surface area contributed by atoms with Crippen molar-refractivity contribution >= 4 is 28.6 Å². The standard InChI is InChI=1S/C11H15BrOS/c12-11-5-3-4-10(8-11)9-13-6-1-2-7-14/h3-5,8,14H,1-2,6-7,9H2. The topological polar surface area (TPSA) is 9.23 Å². The molecule has 0 N–H and O–H groups in total. The Hall–Kier alpha value is 0.01000. The molecule has 0 bridgehead atoms. The van der Waals surface area contributed by atoms with Crippen molar-refractivity contribution in [3.63, 3.8) is 0 Å². The lowest BCUT2D eigenvalue weighted by molar-refractivity contribution is 0.118. The van der Waals surface area contributed by atoms with Crippen molar-refractivity contribution in [1.82, 2.24) is 0 Å². The van der Waals surface area contributed by atoms with E-state index in [1.807, 2.05) is 12.1 Å². The molecule has 0 aliphatic carbocycles. The molecule has 1 rings (SSSR count). The average molecular weight is 275 g/mol. The Morgan fingerprint density at radius 3 is 2.86 bits per heavy atom. The zero-order valence-electron chi connectivity index (χ0n) is 8.08. The number of ether oxygens (including phenoxy) is 1. The van der Waals surface area contributed by atoms with Crippen LogP contribution in [0.2, 0.25) is 0 Å². The predicted octanol–water partition coefficient (Wildman–Crippen LogP) is 3.68. The Labute approximate surface area is 99.4 Å². The lowest BCUT2D eigenvalue weighted by Crippen LogP contribution is -1.95. The maximum atomic E-state index is 5.52. The van der Waals surface area contributed by atoms with Crippen LogP contribution in [0.5, 0.6) is 0 Å². The number of unbranched alkanes of at least 4 members (excludes halogenated alkanes) is 1. The van der Waals surface area contributed by atoms with Crippen LogP contribution in [0.15, 0.2) is 28.7 Å². The van der Waals surface area contributed by atoms with Crippen molar-refractivity contribution in [3.05, 3.63) is 34.3 Å². The molecule has 1 aromatic rings. The van der Waals surface area contributed by atoms with Crippen LogP contribution in [-0.4, -0.2) is 12.4 Å². The largest absolute Gasteiger partial charge is 0.377 e. The van der Waals surface area contributed by atoms with Crippen LogP contribution in [0.3, 0.4) is 0 Å². The van der Waals surface area contributed by atoms with Gasteiger partial charge >= 0.3 is 0 Å². The molecule has 14 heavy (non-hydrogen) atoms. The fourth-order valence-corrected chi connectivity index (χ4v) is 1.80. The van der Waals surface area contributed by atoms with Crippen LogP contribution in [0.1, 0.15) is 18.4 Å². The molecule has 0 aliphatic heterocycles. The van der Waals surface area contributed by atoms with Crippen LogP contribution < -0.4 is 0 Å². The van der Waals surface area contributed by atoms with Gasteiger partial charge in [0, 0.05) is 11.1 Å². The first-order valence-corrected chi connectivity index (χ1v) is 6.18. The highest BCUT2D eigenvalue weighted by atomic mass is 79.9. The van der Waals surface area contributed by atoms with E-state index < -0.39 is 0 Å². The minimum absolute atomic E-state index is 0.700. The van der Waals surface area contributed by atoms with Crippen molar-refractivity contribution in [2.45, 2.75) is 19.4 Å². The molecule has 0 heterocycles. The van der Waals surface area contributed by atoms with E-state index in [4.69, 9.17) is 4.74 Å². The molecule has 0 saturated heterocycles. The quantitative estimate of drug-likeness (QED) is 0.615. The minimum Gasteiger partial charge on any atom is -0.377 e. The summed E-state index contributed by atoms with van der Waals surface area (Å²) in [5, 5.41) is 0. The van der Waals surface area contributed by atoms with Crippen molar-refractivity contribution in [1.29, 1.82) is 0 Å². The lowest BCUT2D eigenvalue weighted by atomic mass is 10.2. The highest BCUT2D eigenvalue weighted by Crippen LogP contribution is 2.12. The summed E-state index contributed by atoms with van der Waals surface area (Å²) in [6.45, 7) is 1.53. The number of thiol groups is 1. The second-order valence-corrected chi connectivity index (χ2v) is 4.48. The van der Waals surface area contributed by atoms with Crippen molar-refractivity contribution in [2.75, 3.05) is 12.4 Å². The Morgan fingerprint density at radius 1 is 1.29 bits per heavy atom. The summed E-state index contributed by atoms with van der Waals surface area (Å²) in [5.41, 5.74) is 1.21. The number of rotatable bonds is 6. The first-order valence-electron chi connectivity index (χ1n) is 4.76. The fourth-order valence-electron chi connectivity index (χ4n) is 1.13. The van der Waals surface area contributed by atoms with E-state index in [1.165, 1.54) is 5.56 Å². The summed E-state index contributed by atoms with van der Waals surface area (Å²) in [6.07, 6.45) is 2.22. The van der Waals surface area contributed by atoms with Gasteiger partial charge in [0.1, 0.15) is 0 Å². The van der Waals surface area contributed by atoms with Gasteiger partial charge in [-0.1, -0.05) is 28.1 Å². The molecule has 0 unspecified atom stereocenters. The van der Waals surface area contributed by atoms with Crippen LogP contribution in [-0.2, 0) is 11.3 Å². The summed E-state index contributed by atoms with van der Waals surface area (Å²) in [6, 6.07) is 8.20. The van der Waals surface area contributed by atoms with Gasteiger partial charge in [0.2, 0.25) is 0 Å². The molecule has 78 valence electrons. The number of benzene rings is 1. The summed E-state index contributed by atoms with van der Waals surface area (Å²) < 4.78 is 6.63. The SMILES string of the molecule is SCCCCOCc1cccc(Br)c1. The molecular weight excluding hydrogens is 260 g/mol. The van der Waals surface area contributed by atoms with E-state index in [-0.39, 0.29) is 0 Å². The van der Waals surface area contributed by atoms with Crippen LogP contribution in [0.4, 0.5) is 0 Å². The maximum Gasteiger partial charge on any atom is 0.0717 e. The Morgan fingerprint density at radius 2 is 2.14 bits per heavy atom. The van der Waals surface area contributed by atoms with Gasteiger partial charge < -0.3 is 4.74 Å². The van der Waals surface area contributed by atoms with Crippen molar-refractivity contribution in [2.24, 2.45) is 0 Å². The van der Waals surface area contributed by atoms with E-state index in [1.54, 1.807) is 0 Å². The molecule has 1 aromatic carbocycles. The zero-order chi connectivity index (χ0) is 10.2. The van der Waals surface area contributed by atoms with Gasteiger partial charge in [-0.05, 0) is 36.3 Å². The Balaban J connectivity index is 2.18. The normalized spacial score (nSPS) is 10.4. The molecule has 0 aromatic heterocycles. The Bertz CT molecular complexity index is 265. The third-order valence-electron chi connectivity index (χ3n) is 1.85. The molecule has 0 aliphatic rings. The van der Waals surface area contributed by atoms with Gasteiger partial charge in [0.25, 0.3) is 0 Å². The summed E-state index contributed by atoms with van der Waals surface area (Å²) >= 11 is 7.57. The fraction of sp³-hybridized carbons (Fsp3) is 0.455. The van der Waals surface area contributed by atoms with Crippen molar-refractivity contribution in [3.8, 4) is 0 Å². The van der Waals surface area contributed by atoms with Gasteiger partial charge in [-0.2, -0.15) is 12.6 Å². The van der Waals surface area contributed by atoms with Gasteiger partial charge in [-0.3, -0.25) is 0 Å². The Kier molecular flexibility index (Phi) is 6.32. The maximum absolute atomic E-state index is 5.52.